The minimum atomic E-state index is 0.202. The normalized spacial score (nSPS) is 10.5. The molecule has 0 spiro atoms. The van der Waals surface area contributed by atoms with Gasteiger partial charge in [0.15, 0.2) is 0 Å². The highest BCUT2D eigenvalue weighted by Crippen LogP contribution is 2.05. The van der Waals surface area contributed by atoms with Crippen LogP contribution in [-0.2, 0) is 13.0 Å². The first-order valence-corrected chi connectivity index (χ1v) is 3.87. The first-order valence-electron chi connectivity index (χ1n) is 3.87. The van der Waals surface area contributed by atoms with Crippen molar-refractivity contribution in [2.45, 2.75) is 13.0 Å². The highest BCUT2D eigenvalue weighted by atomic mass is 16.4. The lowest BCUT2D eigenvalue weighted by Gasteiger charge is -1.95. The van der Waals surface area contributed by atoms with Gasteiger partial charge in [0.25, 0.3) is 6.01 Å². The molecule has 0 radical (unpaired) electrons. The van der Waals surface area contributed by atoms with Crippen LogP contribution in [0.25, 0.3) is 0 Å². The third-order valence-corrected chi connectivity index (χ3v) is 1.63. The molecule has 0 aliphatic carbocycles. The summed E-state index contributed by atoms with van der Waals surface area (Å²) in [6, 6.07) is 0.202. The Bertz CT molecular complexity index is 366. The van der Waals surface area contributed by atoms with Crippen LogP contribution in [0.2, 0.25) is 0 Å². The summed E-state index contributed by atoms with van der Waals surface area (Å²) < 4.78 is 6.81. The number of hydrogen-bond acceptors (Lipinski definition) is 5. The van der Waals surface area contributed by atoms with E-state index < -0.39 is 0 Å². The van der Waals surface area contributed by atoms with Crippen LogP contribution in [-0.4, -0.2) is 19.7 Å². The number of nitrogen functional groups attached to an aromatic ring is 1. The molecule has 0 amide bonds. The second kappa shape index (κ2) is 3.26. The molecule has 2 aromatic rings. The fourth-order valence-electron chi connectivity index (χ4n) is 1.01. The highest BCUT2D eigenvalue weighted by Gasteiger charge is 2.00. The van der Waals surface area contributed by atoms with Crippen LogP contribution in [0, 0.1) is 0 Å². The SMILES string of the molecule is Nc1ncc(CCn2cncn2)o1. The van der Waals surface area contributed by atoms with E-state index in [1.807, 2.05) is 0 Å². The summed E-state index contributed by atoms with van der Waals surface area (Å²) in [5, 5.41) is 3.95. The number of anilines is 1. The van der Waals surface area contributed by atoms with E-state index in [0.717, 1.165) is 5.76 Å². The molecule has 0 unspecified atom stereocenters. The molecule has 0 aromatic carbocycles. The maximum absolute atomic E-state index is 5.32. The van der Waals surface area contributed by atoms with Gasteiger partial charge in [-0.1, -0.05) is 0 Å². The summed E-state index contributed by atoms with van der Waals surface area (Å²) in [6.07, 6.45) is 5.48. The summed E-state index contributed by atoms with van der Waals surface area (Å²) in [4.78, 5) is 7.60. The smallest absolute Gasteiger partial charge is 0.292 e. The van der Waals surface area contributed by atoms with Gasteiger partial charge in [0, 0.05) is 13.0 Å². The molecule has 2 aromatic heterocycles. The van der Waals surface area contributed by atoms with Crippen LogP contribution in [0.5, 0.6) is 0 Å². The van der Waals surface area contributed by atoms with Crippen molar-refractivity contribution in [2.24, 2.45) is 0 Å². The number of nitrogens with zero attached hydrogens (tertiary/aromatic N) is 4. The number of rotatable bonds is 3. The maximum Gasteiger partial charge on any atom is 0.292 e. The van der Waals surface area contributed by atoms with E-state index in [0.29, 0.717) is 13.0 Å². The van der Waals surface area contributed by atoms with E-state index in [1.54, 1.807) is 17.2 Å². The zero-order chi connectivity index (χ0) is 9.10. The van der Waals surface area contributed by atoms with Crippen molar-refractivity contribution in [1.82, 2.24) is 19.7 Å². The number of oxazole rings is 1. The van der Waals surface area contributed by atoms with Crippen molar-refractivity contribution in [1.29, 1.82) is 0 Å². The third-order valence-electron chi connectivity index (χ3n) is 1.63. The lowest BCUT2D eigenvalue weighted by molar-refractivity contribution is 0.490. The molecule has 0 aliphatic heterocycles. The second-order valence-electron chi connectivity index (χ2n) is 2.57. The molecule has 0 saturated heterocycles. The molecule has 2 N–H and O–H groups in total. The zero-order valence-corrected chi connectivity index (χ0v) is 6.92. The van der Waals surface area contributed by atoms with Gasteiger partial charge in [-0.05, 0) is 0 Å². The van der Waals surface area contributed by atoms with Crippen LogP contribution in [0.1, 0.15) is 5.76 Å². The van der Waals surface area contributed by atoms with Gasteiger partial charge in [-0.15, -0.1) is 0 Å². The van der Waals surface area contributed by atoms with Crippen LogP contribution < -0.4 is 5.73 Å². The largest absolute Gasteiger partial charge is 0.429 e. The molecule has 13 heavy (non-hydrogen) atoms. The lowest BCUT2D eigenvalue weighted by atomic mass is 10.3. The highest BCUT2D eigenvalue weighted by molar-refractivity contribution is 5.10. The van der Waals surface area contributed by atoms with Crippen molar-refractivity contribution in [3.8, 4) is 0 Å². The molecule has 6 heteroatoms. The number of hydrogen-bond donors (Lipinski definition) is 1. The molecule has 2 heterocycles. The first-order chi connectivity index (χ1) is 6.34. The Hall–Kier alpha value is -1.85. The Morgan fingerprint density at radius 1 is 1.54 bits per heavy atom. The molecule has 68 valence electrons. The predicted octanol–water partition coefficient (Wildman–Crippen LogP) is 0.0910. The van der Waals surface area contributed by atoms with E-state index in [2.05, 4.69) is 15.1 Å². The fourth-order valence-corrected chi connectivity index (χ4v) is 1.01. The van der Waals surface area contributed by atoms with Gasteiger partial charge in [-0.3, -0.25) is 4.68 Å². The van der Waals surface area contributed by atoms with E-state index in [4.69, 9.17) is 10.2 Å². The quantitative estimate of drug-likeness (QED) is 0.722. The van der Waals surface area contributed by atoms with Crippen LogP contribution >= 0.6 is 0 Å². The van der Waals surface area contributed by atoms with Gasteiger partial charge in [0.2, 0.25) is 0 Å². The van der Waals surface area contributed by atoms with E-state index >= 15 is 0 Å². The molecule has 6 nitrogen and oxygen atoms in total. The predicted molar refractivity (Wildman–Crippen MR) is 44.6 cm³/mol. The fraction of sp³-hybridized carbons (Fsp3) is 0.286. The summed E-state index contributed by atoms with van der Waals surface area (Å²) in [7, 11) is 0. The monoisotopic (exact) mass is 179 g/mol. The summed E-state index contributed by atoms with van der Waals surface area (Å²) in [6.45, 7) is 0.717. The minimum Gasteiger partial charge on any atom is -0.429 e. The van der Waals surface area contributed by atoms with Crippen LogP contribution in [0.3, 0.4) is 0 Å². The van der Waals surface area contributed by atoms with Crippen LogP contribution in [0.15, 0.2) is 23.3 Å². The molecule has 0 aliphatic rings. The number of nitrogens with two attached hydrogens (primary N) is 1. The van der Waals surface area contributed by atoms with Gasteiger partial charge in [0.05, 0.1) is 6.20 Å². The van der Waals surface area contributed by atoms with Gasteiger partial charge in [-0.2, -0.15) is 5.10 Å². The van der Waals surface area contributed by atoms with E-state index in [-0.39, 0.29) is 6.01 Å². The Kier molecular flexibility index (Phi) is 1.95. The molecule has 0 saturated carbocycles. The minimum absolute atomic E-state index is 0.202. The van der Waals surface area contributed by atoms with E-state index in [9.17, 15) is 0 Å². The lowest BCUT2D eigenvalue weighted by Crippen LogP contribution is -2.00. The Balaban J connectivity index is 1.93. The van der Waals surface area contributed by atoms with Gasteiger partial charge < -0.3 is 10.2 Å². The molecular weight excluding hydrogens is 170 g/mol. The Morgan fingerprint density at radius 3 is 3.08 bits per heavy atom. The topological polar surface area (TPSA) is 82.8 Å². The number of aromatic nitrogens is 4. The zero-order valence-electron chi connectivity index (χ0n) is 6.92. The summed E-state index contributed by atoms with van der Waals surface area (Å²) in [5.41, 5.74) is 5.32. The standard InChI is InChI=1S/C7H9N5O/c8-7-10-3-6(13-7)1-2-12-5-9-4-11-12/h3-5H,1-2H2,(H2,8,10). The average Bonchev–Trinajstić information content (AvgIpc) is 2.71. The van der Waals surface area contributed by atoms with Gasteiger partial charge >= 0.3 is 0 Å². The van der Waals surface area contributed by atoms with Gasteiger partial charge in [0.1, 0.15) is 18.4 Å². The maximum atomic E-state index is 5.32. The van der Waals surface area contributed by atoms with Crippen molar-refractivity contribution >= 4 is 6.01 Å². The van der Waals surface area contributed by atoms with Crippen molar-refractivity contribution in [3.05, 3.63) is 24.6 Å². The average molecular weight is 179 g/mol. The van der Waals surface area contributed by atoms with Gasteiger partial charge in [-0.25, -0.2) is 9.97 Å². The molecule has 2 rings (SSSR count). The molecule has 0 fully saturated rings. The summed E-state index contributed by atoms with van der Waals surface area (Å²) >= 11 is 0. The number of aryl methyl sites for hydroxylation is 2. The first kappa shape index (κ1) is 7.78. The van der Waals surface area contributed by atoms with E-state index in [1.165, 1.54) is 6.33 Å². The summed E-state index contributed by atoms with van der Waals surface area (Å²) in [5.74, 6) is 0.757. The molecule has 0 atom stereocenters. The van der Waals surface area contributed by atoms with Crippen LogP contribution in [0.4, 0.5) is 6.01 Å². The molecular formula is C7H9N5O. The second-order valence-corrected chi connectivity index (χ2v) is 2.57. The van der Waals surface area contributed by atoms with Crippen molar-refractivity contribution < 1.29 is 4.42 Å². The van der Waals surface area contributed by atoms with Crippen molar-refractivity contribution in [3.63, 3.8) is 0 Å². The third kappa shape index (κ3) is 1.84. The molecule has 0 bridgehead atoms. The van der Waals surface area contributed by atoms with Crippen molar-refractivity contribution in [2.75, 3.05) is 5.73 Å². The Morgan fingerprint density at radius 2 is 2.46 bits per heavy atom. The Labute approximate surface area is 74.4 Å².